The highest BCUT2D eigenvalue weighted by Gasteiger charge is 2.30. The molecule has 158 valence electrons. The number of anilines is 1. The molecule has 0 radical (unpaired) electrons. The van der Waals surface area contributed by atoms with Crippen molar-refractivity contribution in [1.82, 2.24) is 20.1 Å². The molecule has 0 saturated carbocycles. The first-order valence-corrected chi connectivity index (χ1v) is 8.98. The second kappa shape index (κ2) is 8.44. The van der Waals surface area contributed by atoms with Crippen LogP contribution < -0.4 is 15.8 Å². The summed E-state index contributed by atoms with van der Waals surface area (Å²) in [4.78, 5) is 16.6. The van der Waals surface area contributed by atoms with Gasteiger partial charge in [-0.3, -0.25) is 9.48 Å². The number of halogens is 3. The number of pyridine rings is 1. The zero-order valence-electron chi connectivity index (χ0n) is 16.3. The van der Waals surface area contributed by atoms with Gasteiger partial charge in [-0.05, 0) is 48.7 Å². The van der Waals surface area contributed by atoms with Gasteiger partial charge in [0.05, 0.1) is 18.3 Å². The summed E-state index contributed by atoms with van der Waals surface area (Å²) >= 11 is 0. The summed E-state index contributed by atoms with van der Waals surface area (Å²) in [5.74, 6) is -0.167. The third kappa shape index (κ3) is 5.49. The molecule has 0 spiro atoms. The fraction of sp³-hybridized carbons (Fsp3) is 0.250. The maximum Gasteiger partial charge on any atom is 0.573 e. The summed E-state index contributed by atoms with van der Waals surface area (Å²) in [7, 11) is 0. The lowest BCUT2D eigenvalue weighted by Gasteiger charge is -2.11. The van der Waals surface area contributed by atoms with Gasteiger partial charge in [0, 0.05) is 18.4 Å². The van der Waals surface area contributed by atoms with Gasteiger partial charge in [0.15, 0.2) is 0 Å². The molecule has 0 aliphatic heterocycles. The van der Waals surface area contributed by atoms with Crippen molar-refractivity contribution in [2.24, 2.45) is 0 Å². The van der Waals surface area contributed by atoms with Gasteiger partial charge in [-0.2, -0.15) is 5.10 Å². The van der Waals surface area contributed by atoms with Gasteiger partial charge >= 0.3 is 6.36 Å². The largest absolute Gasteiger partial charge is 0.573 e. The van der Waals surface area contributed by atoms with Gasteiger partial charge < -0.3 is 15.8 Å². The molecule has 2 heterocycles. The molecule has 0 bridgehead atoms. The number of hydrogen-bond donors (Lipinski definition) is 2. The monoisotopic (exact) mass is 419 g/mol. The molecule has 0 aliphatic carbocycles. The maximum absolute atomic E-state index is 12.4. The Morgan fingerprint density at radius 1 is 1.23 bits per heavy atom. The minimum Gasteiger partial charge on any atom is -0.406 e. The number of nitrogens with zero attached hydrogens (tertiary/aromatic N) is 3. The highest BCUT2D eigenvalue weighted by atomic mass is 19.4. The van der Waals surface area contributed by atoms with Gasteiger partial charge in [-0.1, -0.05) is 12.1 Å². The van der Waals surface area contributed by atoms with Crippen LogP contribution in [0, 0.1) is 13.8 Å². The van der Waals surface area contributed by atoms with Crippen LogP contribution in [-0.4, -0.2) is 27.0 Å². The van der Waals surface area contributed by atoms with Gasteiger partial charge in [0.1, 0.15) is 11.6 Å². The summed E-state index contributed by atoms with van der Waals surface area (Å²) in [6.07, 6.45) is -1.74. The number of alkyl halides is 3. The Morgan fingerprint density at radius 3 is 2.57 bits per heavy atom. The number of nitrogen functional groups attached to an aromatic ring is 1. The van der Waals surface area contributed by atoms with Crippen LogP contribution in [0.5, 0.6) is 5.75 Å². The lowest BCUT2D eigenvalue weighted by molar-refractivity contribution is -0.274. The molecule has 3 rings (SSSR count). The Bertz CT molecular complexity index is 1020. The minimum atomic E-state index is -4.73. The van der Waals surface area contributed by atoms with Crippen molar-refractivity contribution in [1.29, 1.82) is 0 Å². The number of nitrogens with one attached hydrogen (secondary N) is 1. The van der Waals surface area contributed by atoms with E-state index >= 15 is 0 Å². The van der Waals surface area contributed by atoms with E-state index in [1.165, 1.54) is 35.1 Å². The molecule has 30 heavy (non-hydrogen) atoms. The first-order valence-electron chi connectivity index (χ1n) is 8.98. The minimum absolute atomic E-state index is 0.291. The predicted octanol–water partition coefficient (Wildman–Crippen LogP) is 3.35. The molecule has 0 atom stereocenters. The molecular weight excluding hydrogens is 399 g/mol. The molecule has 2 aromatic heterocycles. The van der Waals surface area contributed by atoms with Gasteiger partial charge in [0.2, 0.25) is 0 Å². The van der Waals surface area contributed by atoms with E-state index in [4.69, 9.17) is 5.73 Å². The van der Waals surface area contributed by atoms with Crippen LogP contribution in [0.15, 0.2) is 42.7 Å². The Kier molecular flexibility index (Phi) is 5.95. The van der Waals surface area contributed by atoms with E-state index in [0.717, 1.165) is 16.8 Å². The number of aromatic nitrogens is 3. The molecule has 0 unspecified atom stereocenters. The summed E-state index contributed by atoms with van der Waals surface area (Å²) < 4.78 is 42.0. The topological polar surface area (TPSA) is 95.1 Å². The second-order valence-electron chi connectivity index (χ2n) is 6.73. The quantitative estimate of drug-likeness (QED) is 0.639. The Balaban J connectivity index is 1.60. The molecule has 0 aliphatic rings. The number of carbonyl (C=O) groups is 1. The van der Waals surface area contributed by atoms with Gasteiger partial charge in [-0.15, -0.1) is 13.2 Å². The van der Waals surface area contributed by atoms with Gasteiger partial charge in [-0.25, -0.2) is 4.98 Å². The molecule has 10 heteroatoms. The number of rotatable bonds is 6. The first-order chi connectivity index (χ1) is 14.1. The average molecular weight is 419 g/mol. The molecule has 1 amide bonds. The lowest BCUT2D eigenvalue weighted by Crippen LogP contribution is -2.23. The van der Waals surface area contributed by atoms with Crippen molar-refractivity contribution in [2.45, 2.75) is 33.3 Å². The van der Waals surface area contributed by atoms with E-state index in [-0.39, 0.29) is 11.7 Å². The number of hydrogen-bond acceptors (Lipinski definition) is 5. The Hall–Kier alpha value is -3.56. The third-order valence-corrected chi connectivity index (χ3v) is 4.40. The molecule has 7 nitrogen and oxygen atoms in total. The highest BCUT2D eigenvalue weighted by Crippen LogP contribution is 2.23. The van der Waals surface area contributed by atoms with Crippen molar-refractivity contribution in [2.75, 3.05) is 5.73 Å². The molecule has 3 aromatic rings. The lowest BCUT2D eigenvalue weighted by atomic mass is 10.1. The van der Waals surface area contributed by atoms with Crippen molar-refractivity contribution in [3.63, 3.8) is 0 Å². The Labute approximate surface area is 170 Å². The Morgan fingerprint density at radius 2 is 1.93 bits per heavy atom. The summed E-state index contributed by atoms with van der Waals surface area (Å²) in [5.41, 5.74) is 9.37. The van der Waals surface area contributed by atoms with Crippen molar-refractivity contribution in [3.8, 4) is 5.75 Å². The van der Waals surface area contributed by atoms with E-state index < -0.39 is 6.36 Å². The fourth-order valence-electron chi connectivity index (χ4n) is 2.98. The SMILES string of the molecule is Cc1cc(N)nc(C)c1CNC(=O)c1cnn(Cc2ccc(OC(F)(F)F)cc2)c1. The molecule has 0 fully saturated rings. The maximum atomic E-state index is 12.4. The van der Waals surface area contributed by atoms with E-state index in [9.17, 15) is 18.0 Å². The average Bonchev–Trinajstić information content (AvgIpc) is 3.09. The third-order valence-electron chi connectivity index (χ3n) is 4.40. The van der Waals surface area contributed by atoms with Crippen molar-refractivity contribution >= 4 is 11.7 Å². The van der Waals surface area contributed by atoms with Crippen LogP contribution in [0.2, 0.25) is 0 Å². The molecule has 3 N–H and O–H groups in total. The number of carbonyl (C=O) groups excluding carboxylic acids is 1. The number of benzene rings is 1. The zero-order valence-corrected chi connectivity index (χ0v) is 16.3. The van der Waals surface area contributed by atoms with Crippen LogP contribution in [0.25, 0.3) is 0 Å². The number of amides is 1. The van der Waals surface area contributed by atoms with Crippen LogP contribution in [-0.2, 0) is 13.1 Å². The molecular formula is C20H20F3N5O2. The van der Waals surface area contributed by atoms with Gasteiger partial charge in [0.25, 0.3) is 5.91 Å². The van der Waals surface area contributed by atoms with E-state index in [2.05, 4.69) is 20.1 Å². The summed E-state index contributed by atoms with van der Waals surface area (Å²) in [6, 6.07) is 7.21. The second-order valence-corrected chi connectivity index (χ2v) is 6.73. The highest BCUT2D eigenvalue weighted by molar-refractivity contribution is 5.93. The summed E-state index contributed by atoms with van der Waals surface area (Å²) in [5, 5.41) is 6.96. The molecule has 0 saturated heterocycles. The first kappa shape index (κ1) is 21.2. The van der Waals surface area contributed by atoms with E-state index in [1.807, 2.05) is 13.8 Å². The van der Waals surface area contributed by atoms with Crippen LogP contribution in [0.3, 0.4) is 0 Å². The van der Waals surface area contributed by atoms with Crippen LogP contribution in [0.4, 0.5) is 19.0 Å². The molecule has 1 aromatic carbocycles. The number of aryl methyl sites for hydroxylation is 2. The number of ether oxygens (including phenoxy) is 1. The van der Waals surface area contributed by atoms with E-state index in [1.54, 1.807) is 12.3 Å². The van der Waals surface area contributed by atoms with Crippen LogP contribution in [0.1, 0.15) is 32.7 Å². The summed E-state index contributed by atoms with van der Waals surface area (Å²) in [6.45, 7) is 4.32. The smallest absolute Gasteiger partial charge is 0.406 e. The van der Waals surface area contributed by atoms with Crippen molar-refractivity contribution in [3.05, 3.63) is 70.7 Å². The fourth-order valence-corrected chi connectivity index (χ4v) is 2.98. The zero-order chi connectivity index (χ0) is 21.9. The predicted molar refractivity (Wildman–Crippen MR) is 104 cm³/mol. The van der Waals surface area contributed by atoms with Crippen molar-refractivity contribution < 1.29 is 22.7 Å². The standard InChI is InChI=1S/C20H20F3N5O2/c1-12-7-18(24)27-13(2)17(12)9-25-19(29)15-8-26-28(11-15)10-14-3-5-16(6-4-14)30-20(21,22)23/h3-8,11H,9-10H2,1-2H3,(H2,24,27)(H,25,29). The number of nitrogens with two attached hydrogens (primary N) is 1. The normalized spacial score (nSPS) is 11.4. The van der Waals surface area contributed by atoms with Crippen LogP contribution >= 0.6 is 0 Å². The van der Waals surface area contributed by atoms with E-state index in [0.29, 0.717) is 30.0 Å².